The van der Waals surface area contributed by atoms with E-state index in [1.54, 1.807) is 31.3 Å². The average molecular weight is 293 g/mol. The van der Waals surface area contributed by atoms with Crippen molar-refractivity contribution in [2.75, 3.05) is 0 Å². The second-order valence-corrected chi connectivity index (χ2v) is 4.96. The van der Waals surface area contributed by atoms with Gasteiger partial charge < -0.3 is 10.1 Å². The van der Waals surface area contributed by atoms with Gasteiger partial charge in [0.2, 0.25) is 0 Å². The molecule has 3 aromatic rings. The number of aryl methyl sites for hydroxylation is 1. The Hall–Kier alpha value is -3.08. The van der Waals surface area contributed by atoms with Gasteiger partial charge in [0, 0.05) is 22.7 Å². The van der Waals surface area contributed by atoms with Crippen molar-refractivity contribution in [1.82, 2.24) is 10.4 Å². The number of benzene rings is 2. The molecule has 0 aliphatic rings. The lowest BCUT2D eigenvalue weighted by atomic mass is 10.1. The van der Waals surface area contributed by atoms with Gasteiger partial charge in [0.1, 0.15) is 5.75 Å². The lowest BCUT2D eigenvalue weighted by Gasteiger charge is -2.04. The summed E-state index contributed by atoms with van der Waals surface area (Å²) < 4.78 is 0. The van der Waals surface area contributed by atoms with Gasteiger partial charge in [-0.3, -0.25) is 4.79 Å². The molecule has 5 nitrogen and oxygen atoms in total. The van der Waals surface area contributed by atoms with Crippen LogP contribution in [0.25, 0.3) is 10.9 Å². The summed E-state index contributed by atoms with van der Waals surface area (Å²) >= 11 is 0. The molecule has 0 aliphatic heterocycles. The standard InChI is InChI=1S/C17H15N3O2/c1-11-5-4-7-14(16(11)21)17(22)20-19-10-12-9-18-15-8-3-2-6-13(12)15/h2-10,18,21H,1H3,(H,20,22). The molecule has 22 heavy (non-hydrogen) atoms. The summed E-state index contributed by atoms with van der Waals surface area (Å²) in [6.07, 6.45) is 3.40. The molecule has 0 saturated heterocycles. The number of hydrogen-bond donors (Lipinski definition) is 3. The van der Waals surface area contributed by atoms with E-state index in [1.807, 2.05) is 30.5 Å². The number of aromatic hydroxyl groups is 1. The second kappa shape index (κ2) is 5.73. The predicted molar refractivity (Wildman–Crippen MR) is 86.2 cm³/mol. The summed E-state index contributed by atoms with van der Waals surface area (Å²) in [6.45, 7) is 1.74. The van der Waals surface area contributed by atoms with E-state index in [-0.39, 0.29) is 11.3 Å². The van der Waals surface area contributed by atoms with Gasteiger partial charge in [0.05, 0.1) is 11.8 Å². The Labute approximate surface area is 127 Å². The number of amides is 1. The molecule has 5 heteroatoms. The molecule has 0 unspecified atom stereocenters. The number of carbonyl (C=O) groups is 1. The summed E-state index contributed by atoms with van der Waals surface area (Å²) in [7, 11) is 0. The highest BCUT2D eigenvalue weighted by Crippen LogP contribution is 2.21. The summed E-state index contributed by atoms with van der Waals surface area (Å²) in [5.74, 6) is -0.473. The molecular formula is C17H15N3O2. The fourth-order valence-electron chi connectivity index (χ4n) is 2.26. The topological polar surface area (TPSA) is 77.5 Å². The summed E-state index contributed by atoms with van der Waals surface area (Å²) in [5, 5.41) is 14.9. The molecule has 0 spiro atoms. The van der Waals surface area contributed by atoms with Crippen LogP contribution >= 0.6 is 0 Å². The Morgan fingerprint density at radius 2 is 2.05 bits per heavy atom. The molecule has 0 fully saturated rings. The number of aromatic amines is 1. The van der Waals surface area contributed by atoms with Crippen LogP contribution in [0.1, 0.15) is 21.5 Å². The lowest BCUT2D eigenvalue weighted by Crippen LogP contribution is -2.17. The first-order valence-corrected chi connectivity index (χ1v) is 6.85. The van der Waals surface area contributed by atoms with Crippen LogP contribution in [0.3, 0.4) is 0 Å². The Morgan fingerprint density at radius 1 is 1.23 bits per heavy atom. The maximum Gasteiger partial charge on any atom is 0.275 e. The zero-order chi connectivity index (χ0) is 15.5. The number of rotatable bonds is 3. The minimum absolute atomic E-state index is 0.0257. The van der Waals surface area contributed by atoms with Gasteiger partial charge in [-0.2, -0.15) is 5.10 Å². The lowest BCUT2D eigenvalue weighted by molar-refractivity contribution is 0.0952. The van der Waals surface area contributed by atoms with E-state index in [9.17, 15) is 9.90 Å². The maximum absolute atomic E-state index is 12.0. The Kier molecular flexibility index (Phi) is 3.62. The smallest absolute Gasteiger partial charge is 0.275 e. The third kappa shape index (κ3) is 2.56. The van der Waals surface area contributed by atoms with Crippen LogP contribution in [-0.4, -0.2) is 22.2 Å². The van der Waals surface area contributed by atoms with Gasteiger partial charge in [-0.1, -0.05) is 30.3 Å². The van der Waals surface area contributed by atoms with E-state index in [0.717, 1.165) is 16.5 Å². The van der Waals surface area contributed by atoms with Crippen LogP contribution in [-0.2, 0) is 0 Å². The number of carbonyl (C=O) groups excluding carboxylic acids is 1. The van der Waals surface area contributed by atoms with Crippen molar-refractivity contribution in [2.24, 2.45) is 5.10 Å². The van der Waals surface area contributed by atoms with Gasteiger partial charge in [0.15, 0.2) is 0 Å². The van der Waals surface area contributed by atoms with Gasteiger partial charge in [-0.05, 0) is 24.6 Å². The Balaban J connectivity index is 1.77. The van der Waals surface area contributed by atoms with E-state index < -0.39 is 5.91 Å². The number of H-pyrrole nitrogens is 1. The number of nitrogens with zero attached hydrogens (tertiary/aromatic N) is 1. The van der Waals surface area contributed by atoms with Crippen molar-refractivity contribution in [3.8, 4) is 5.75 Å². The fourth-order valence-corrected chi connectivity index (χ4v) is 2.26. The summed E-state index contributed by atoms with van der Waals surface area (Å²) in [5.41, 5.74) is 5.16. The van der Waals surface area contributed by atoms with E-state index in [1.165, 1.54) is 0 Å². The van der Waals surface area contributed by atoms with E-state index in [4.69, 9.17) is 0 Å². The molecular weight excluding hydrogens is 278 g/mol. The highest BCUT2D eigenvalue weighted by atomic mass is 16.3. The van der Waals surface area contributed by atoms with Gasteiger partial charge in [-0.25, -0.2) is 5.43 Å². The molecule has 0 saturated carbocycles. The second-order valence-electron chi connectivity index (χ2n) is 4.96. The van der Waals surface area contributed by atoms with Crippen molar-refractivity contribution in [2.45, 2.75) is 6.92 Å². The zero-order valence-electron chi connectivity index (χ0n) is 12.0. The average Bonchev–Trinajstić information content (AvgIpc) is 2.93. The minimum Gasteiger partial charge on any atom is -0.507 e. The largest absolute Gasteiger partial charge is 0.507 e. The minimum atomic E-state index is -0.447. The molecule has 3 rings (SSSR count). The van der Waals surface area contributed by atoms with Crippen LogP contribution < -0.4 is 5.43 Å². The number of phenols is 1. The number of phenolic OH excluding ortho intramolecular Hbond substituents is 1. The normalized spacial score (nSPS) is 11.1. The molecule has 0 radical (unpaired) electrons. The van der Waals surface area contributed by atoms with Gasteiger partial charge in [0.25, 0.3) is 5.91 Å². The predicted octanol–water partition coefficient (Wildman–Crippen LogP) is 2.95. The highest BCUT2D eigenvalue weighted by Gasteiger charge is 2.11. The quantitative estimate of drug-likeness (QED) is 0.513. The molecule has 0 aliphatic carbocycles. The fraction of sp³-hybridized carbons (Fsp3) is 0.0588. The molecule has 3 N–H and O–H groups in total. The monoisotopic (exact) mass is 293 g/mol. The summed E-state index contributed by atoms with van der Waals surface area (Å²) in [4.78, 5) is 15.1. The molecule has 1 heterocycles. The SMILES string of the molecule is Cc1cccc(C(=O)NN=Cc2c[nH]c3ccccc23)c1O. The molecule has 2 aromatic carbocycles. The Morgan fingerprint density at radius 3 is 2.91 bits per heavy atom. The third-order valence-electron chi connectivity index (χ3n) is 3.47. The first-order valence-electron chi connectivity index (χ1n) is 6.85. The van der Waals surface area contributed by atoms with Crippen LogP contribution in [0.15, 0.2) is 53.8 Å². The molecule has 1 amide bonds. The molecule has 110 valence electrons. The van der Waals surface area contributed by atoms with Crippen molar-refractivity contribution in [3.05, 3.63) is 65.4 Å². The maximum atomic E-state index is 12.0. The van der Waals surface area contributed by atoms with Crippen molar-refractivity contribution in [1.29, 1.82) is 0 Å². The molecule has 0 atom stereocenters. The number of hydrazone groups is 1. The van der Waals surface area contributed by atoms with Crippen LogP contribution in [0.5, 0.6) is 5.75 Å². The van der Waals surface area contributed by atoms with Crippen molar-refractivity contribution in [3.63, 3.8) is 0 Å². The van der Waals surface area contributed by atoms with Gasteiger partial charge >= 0.3 is 0 Å². The highest BCUT2D eigenvalue weighted by molar-refractivity contribution is 6.01. The van der Waals surface area contributed by atoms with E-state index in [2.05, 4.69) is 15.5 Å². The number of hydrogen-bond acceptors (Lipinski definition) is 3. The van der Waals surface area contributed by atoms with Crippen molar-refractivity contribution >= 4 is 23.0 Å². The number of nitrogens with one attached hydrogen (secondary N) is 2. The van der Waals surface area contributed by atoms with E-state index in [0.29, 0.717) is 5.56 Å². The zero-order valence-corrected chi connectivity index (χ0v) is 12.0. The summed E-state index contributed by atoms with van der Waals surface area (Å²) in [6, 6.07) is 12.8. The molecule has 0 bridgehead atoms. The first kappa shape index (κ1) is 13.9. The van der Waals surface area contributed by atoms with Crippen LogP contribution in [0, 0.1) is 6.92 Å². The van der Waals surface area contributed by atoms with Crippen molar-refractivity contribution < 1.29 is 9.90 Å². The van der Waals surface area contributed by atoms with Crippen LogP contribution in [0.2, 0.25) is 0 Å². The van der Waals surface area contributed by atoms with Gasteiger partial charge in [-0.15, -0.1) is 0 Å². The third-order valence-corrected chi connectivity index (χ3v) is 3.47. The number of para-hydroxylation sites is 2. The number of fused-ring (bicyclic) bond motifs is 1. The first-order chi connectivity index (χ1) is 10.7. The number of aromatic nitrogens is 1. The molecule has 1 aromatic heterocycles. The van der Waals surface area contributed by atoms with Crippen LogP contribution in [0.4, 0.5) is 0 Å². The Bertz CT molecular complexity index is 865. The van der Waals surface area contributed by atoms with E-state index >= 15 is 0 Å².